The number of nitrogens with one attached hydrogen (secondary N) is 2. The third-order valence-electron chi connectivity index (χ3n) is 2.24. The van der Waals surface area contributed by atoms with Gasteiger partial charge in [0.2, 0.25) is 10.0 Å². The van der Waals surface area contributed by atoms with Crippen LogP contribution in [0, 0.1) is 5.82 Å². The number of hydrogen-bond donors (Lipinski definition) is 2. The van der Waals surface area contributed by atoms with Crippen LogP contribution in [0.2, 0.25) is 0 Å². The summed E-state index contributed by atoms with van der Waals surface area (Å²) >= 11 is 0. The normalized spacial score (nSPS) is 11.6. The Morgan fingerprint density at radius 1 is 1.29 bits per heavy atom. The Hall–Kier alpha value is -0.980. The zero-order valence-corrected chi connectivity index (χ0v) is 10.6. The van der Waals surface area contributed by atoms with Crippen molar-refractivity contribution in [1.82, 2.24) is 10.0 Å². The summed E-state index contributed by atoms with van der Waals surface area (Å²) < 4.78 is 38.6. The minimum absolute atomic E-state index is 0.00467. The lowest BCUT2D eigenvalue weighted by Crippen LogP contribution is -2.31. The van der Waals surface area contributed by atoms with E-state index in [1.807, 2.05) is 6.92 Å². The molecule has 0 aliphatic carbocycles. The molecule has 0 saturated heterocycles. The van der Waals surface area contributed by atoms with Crippen molar-refractivity contribution in [2.45, 2.75) is 13.5 Å². The van der Waals surface area contributed by atoms with E-state index >= 15 is 0 Å². The largest absolute Gasteiger partial charge is 0.316 e. The fraction of sp³-hybridized carbons (Fsp3) is 0.455. The Kier molecular flexibility index (Phi) is 5.54. The molecule has 4 nitrogen and oxygen atoms in total. The first-order chi connectivity index (χ1) is 8.05. The van der Waals surface area contributed by atoms with Gasteiger partial charge in [-0.25, -0.2) is 17.5 Å². The molecule has 0 aliphatic heterocycles. The van der Waals surface area contributed by atoms with E-state index in [0.717, 1.165) is 6.54 Å². The average Bonchev–Trinajstić information content (AvgIpc) is 2.28. The molecule has 0 aromatic heterocycles. The highest BCUT2D eigenvalue weighted by Gasteiger charge is 2.10. The molecule has 0 bridgehead atoms. The second-order valence-corrected chi connectivity index (χ2v) is 5.51. The molecule has 1 aromatic rings. The van der Waals surface area contributed by atoms with Gasteiger partial charge >= 0.3 is 0 Å². The molecule has 96 valence electrons. The highest BCUT2D eigenvalue weighted by atomic mass is 32.2. The molecule has 0 fully saturated rings. The van der Waals surface area contributed by atoms with Crippen molar-refractivity contribution < 1.29 is 12.8 Å². The lowest BCUT2D eigenvalue weighted by atomic mass is 10.2. The molecule has 1 aromatic carbocycles. The molecule has 1 rings (SSSR count). The number of sulfonamides is 1. The molecular weight excluding hydrogens is 243 g/mol. The fourth-order valence-corrected chi connectivity index (χ4v) is 2.22. The Morgan fingerprint density at radius 2 is 2.00 bits per heavy atom. The molecule has 0 saturated carbocycles. The molecule has 0 amide bonds. The van der Waals surface area contributed by atoms with Crippen LogP contribution in [0.5, 0.6) is 0 Å². The first kappa shape index (κ1) is 14.1. The van der Waals surface area contributed by atoms with Crippen LogP contribution < -0.4 is 10.0 Å². The van der Waals surface area contributed by atoms with Gasteiger partial charge in [-0.1, -0.05) is 25.1 Å². The Labute approximate surface area is 101 Å². The van der Waals surface area contributed by atoms with Crippen molar-refractivity contribution in [1.29, 1.82) is 0 Å². The summed E-state index contributed by atoms with van der Waals surface area (Å²) in [6.07, 6.45) is 0. The topological polar surface area (TPSA) is 58.2 Å². The molecule has 0 radical (unpaired) electrons. The lowest BCUT2D eigenvalue weighted by Gasteiger charge is -2.07. The second kappa shape index (κ2) is 6.68. The Balaban J connectivity index is 2.47. The SMILES string of the molecule is CCNCCS(=O)(=O)NCc1ccccc1F. The van der Waals surface area contributed by atoms with Gasteiger partial charge in [-0.2, -0.15) is 0 Å². The summed E-state index contributed by atoms with van der Waals surface area (Å²) in [4.78, 5) is 0. The van der Waals surface area contributed by atoms with Gasteiger partial charge in [-0.15, -0.1) is 0 Å². The monoisotopic (exact) mass is 260 g/mol. The predicted octanol–water partition coefficient (Wildman–Crippen LogP) is 0.855. The first-order valence-corrected chi connectivity index (χ1v) is 7.12. The molecule has 17 heavy (non-hydrogen) atoms. The minimum Gasteiger partial charge on any atom is -0.316 e. The second-order valence-electron chi connectivity index (χ2n) is 3.58. The Morgan fingerprint density at radius 3 is 2.65 bits per heavy atom. The van der Waals surface area contributed by atoms with Crippen molar-refractivity contribution in [3.8, 4) is 0 Å². The van der Waals surface area contributed by atoms with E-state index in [1.165, 1.54) is 6.07 Å². The zero-order valence-electron chi connectivity index (χ0n) is 9.74. The molecule has 0 unspecified atom stereocenters. The summed E-state index contributed by atoms with van der Waals surface area (Å²) in [6, 6.07) is 6.11. The van der Waals surface area contributed by atoms with Gasteiger partial charge in [0.1, 0.15) is 5.82 Å². The van der Waals surface area contributed by atoms with Crippen molar-refractivity contribution in [2.24, 2.45) is 0 Å². The van der Waals surface area contributed by atoms with Crippen LogP contribution in [0.25, 0.3) is 0 Å². The van der Waals surface area contributed by atoms with Gasteiger partial charge in [0.05, 0.1) is 5.75 Å². The fourth-order valence-electron chi connectivity index (χ4n) is 1.28. The molecule has 0 heterocycles. The quantitative estimate of drug-likeness (QED) is 0.715. The number of halogens is 1. The Bertz CT molecular complexity index is 449. The van der Waals surface area contributed by atoms with E-state index in [0.29, 0.717) is 12.1 Å². The van der Waals surface area contributed by atoms with Crippen LogP contribution in [0.4, 0.5) is 4.39 Å². The van der Waals surface area contributed by atoms with E-state index in [1.54, 1.807) is 18.2 Å². The minimum atomic E-state index is -3.35. The van der Waals surface area contributed by atoms with Crippen molar-refractivity contribution >= 4 is 10.0 Å². The molecular formula is C11H17FN2O2S. The van der Waals surface area contributed by atoms with Gasteiger partial charge in [-0.3, -0.25) is 0 Å². The maximum absolute atomic E-state index is 13.2. The standard InChI is InChI=1S/C11H17FN2O2S/c1-2-13-7-8-17(15,16)14-9-10-5-3-4-6-11(10)12/h3-6,13-14H,2,7-9H2,1H3. The van der Waals surface area contributed by atoms with Gasteiger partial charge in [0.15, 0.2) is 0 Å². The smallest absolute Gasteiger partial charge is 0.213 e. The van der Waals surface area contributed by atoms with Gasteiger partial charge < -0.3 is 5.32 Å². The number of benzene rings is 1. The maximum atomic E-state index is 13.2. The predicted molar refractivity (Wildman–Crippen MR) is 65.6 cm³/mol. The van der Waals surface area contributed by atoms with Gasteiger partial charge in [0.25, 0.3) is 0 Å². The molecule has 0 aliphatic rings. The van der Waals surface area contributed by atoms with Crippen molar-refractivity contribution in [2.75, 3.05) is 18.8 Å². The zero-order chi connectivity index (χ0) is 12.7. The summed E-state index contributed by atoms with van der Waals surface area (Å²) in [5.74, 6) is -0.406. The molecule has 6 heteroatoms. The maximum Gasteiger partial charge on any atom is 0.213 e. The van der Waals surface area contributed by atoms with E-state index in [2.05, 4.69) is 10.0 Å². The molecule has 0 spiro atoms. The number of hydrogen-bond acceptors (Lipinski definition) is 3. The molecule has 0 atom stereocenters. The van der Waals surface area contributed by atoms with Crippen LogP contribution >= 0.6 is 0 Å². The third-order valence-corrected chi connectivity index (χ3v) is 3.56. The van der Waals surface area contributed by atoms with Crippen molar-refractivity contribution in [3.63, 3.8) is 0 Å². The molecule has 2 N–H and O–H groups in total. The summed E-state index contributed by atoms with van der Waals surface area (Å²) in [5.41, 5.74) is 0.347. The third kappa shape index (κ3) is 5.25. The average molecular weight is 260 g/mol. The van der Waals surface area contributed by atoms with Gasteiger partial charge in [-0.05, 0) is 12.6 Å². The van der Waals surface area contributed by atoms with Crippen LogP contribution in [-0.2, 0) is 16.6 Å². The van der Waals surface area contributed by atoms with Crippen LogP contribution in [-0.4, -0.2) is 27.3 Å². The van der Waals surface area contributed by atoms with E-state index in [9.17, 15) is 12.8 Å². The lowest BCUT2D eigenvalue weighted by molar-refractivity contribution is 0.571. The van der Waals surface area contributed by atoms with Crippen LogP contribution in [0.3, 0.4) is 0 Å². The van der Waals surface area contributed by atoms with E-state index < -0.39 is 15.8 Å². The van der Waals surface area contributed by atoms with E-state index in [-0.39, 0.29) is 12.3 Å². The summed E-state index contributed by atoms with van der Waals surface area (Å²) in [5, 5.41) is 2.92. The highest BCUT2D eigenvalue weighted by Crippen LogP contribution is 2.05. The summed E-state index contributed by atoms with van der Waals surface area (Å²) in [6.45, 7) is 3.01. The van der Waals surface area contributed by atoms with E-state index in [4.69, 9.17) is 0 Å². The summed E-state index contributed by atoms with van der Waals surface area (Å²) in [7, 11) is -3.35. The first-order valence-electron chi connectivity index (χ1n) is 5.46. The van der Waals surface area contributed by atoms with Crippen LogP contribution in [0.15, 0.2) is 24.3 Å². The van der Waals surface area contributed by atoms with Gasteiger partial charge in [0, 0.05) is 18.7 Å². The number of rotatable bonds is 7. The van der Waals surface area contributed by atoms with Crippen molar-refractivity contribution in [3.05, 3.63) is 35.6 Å². The van der Waals surface area contributed by atoms with Crippen LogP contribution in [0.1, 0.15) is 12.5 Å². The highest BCUT2D eigenvalue weighted by molar-refractivity contribution is 7.89.